The van der Waals surface area contributed by atoms with Crippen LogP contribution in [0.1, 0.15) is 32.1 Å². The molecule has 30 heavy (non-hydrogen) atoms. The summed E-state index contributed by atoms with van der Waals surface area (Å²) in [4.78, 5) is 14.9. The lowest BCUT2D eigenvalue weighted by Crippen LogP contribution is -2.48. The number of hydrogen-bond donors (Lipinski definition) is 0. The summed E-state index contributed by atoms with van der Waals surface area (Å²) in [5.74, 6) is 0.506. The molecule has 1 saturated carbocycles. The number of halogens is 1. The number of carbonyl (C=O) groups is 1. The third-order valence-corrected chi connectivity index (χ3v) is 8.04. The second-order valence-corrected chi connectivity index (χ2v) is 10.7. The van der Waals surface area contributed by atoms with E-state index in [0.717, 1.165) is 36.8 Å². The first-order valence-corrected chi connectivity index (χ1v) is 12.6. The predicted molar refractivity (Wildman–Crippen MR) is 119 cm³/mol. The minimum absolute atomic E-state index is 0.0573. The summed E-state index contributed by atoms with van der Waals surface area (Å²) < 4.78 is 29.7. The van der Waals surface area contributed by atoms with Gasteiger partial charge >= 0.3 is 0 Å². The molecule has 2 fully saturated rings. The van der Waals surface area contributed by atoms with Crippen LogP contribution in [0.2, 0.25) is 5.02 Å². The zero-order valence-electron chi connectivity index (χ0n) is 16.8. The highest BCUT2D eigenvalue weighted by Gasteiger charge is 2.39. The van der Waals surface area contributed by atoms with Crippen LogP contribution in [0.5, 0.6) is 5.75 Å². The quantitative estimate of drug-likeness (QED) is 0.660. The molecule has 0 bridgehead atoms. The first-order valence-electron chi connectivity index (χ1n) is 10.4. The average Bonchev–Trinajstić information content (AvgIpc) is 3.38. The molecule has 1 aliphatic carbocycles. The van der Waals surface area contributed by atoms with E-state index in [0.29, 0.717) is 17.2 Å². The van der Waals surface area contributed by atoms with Crippen molar-refractivity contribution in [3.63, 3.8) is 0 Å². The van der Waals surface area contributed by atoms with Gasteiger partial charge in [0.1, 0.15) is 5.75 Å². The average molecular weight is 448 g/mol. The molecule has 7 heteroatoms. The van der Waals surface area contributed by atoms with Gasteiger partial charge in [-0.25, -0.2) is 8.42 Å². The fraction of sp³-hybridized carbons (Fsp3) is 0.435. The summed E-state index contributed by atoms with van der Waals surface area (Å²) in [5, 5.41) is 0.444. The van der Waals surface area contributed by atoms with E-state index in [9.17, 15) is 13.2 Å². The van der Waals surface area contributed by atoms with E-state index >= 15 is 0 Å². The van der Waals surface area contributed by atoms with Crippen LogP contribution in [0.25, 0.3) is 11.1 Å². The molecule has 5 nitrogen and oxygen atoms in total. The summed E-state index contributed by atoms with van der Waals surface area (Å²) >= 11 is 6.40. The molecule has 4 rings (SSSR count). The number of carbonyl (C=O) groups excluding carboxylic acids is 1. The van der Waals surface area contributed by atoms with Gasteiger partial charge in [0.25, 0.3) is 5.91 Å². The lowest BCUT2D eigenvalue weighted by Gasteiger charge is -2.34. The minimum atomic E-state index is -3.06. The fourth-order valence-corrected chi connectivity index (χ4v) is 6.47. The summed E-state index contributed by atoms with van der Waals surface area (Å²) in [7, 11) is -3.06. The Morgan fingerprint density at radius 3 is 2.37 bits per heavy atom. The molecular formula is C23H26ClNO4S. The van der Waals surface area contributed by atoms with E-state index in [1.807, 2.05) is 42.5 Å². The summed E-state index contributed by atoms with van der Waals surface area (Å²) in [6.07, 6.45) is 4.50. The molecule has 1 amide bonds. The van der Waals surface area contributed by atoms with Gasteiger partial charge < -0.3 is 9.64 Å². The Kier molecular flexibility index (Phi) is 6.34. The Hall–Kier alpha value is -2.05. The van der Waals surface area contributed by atoms with E-state index in [-0.39, 0.29) is 36.1 Å². The fourth-order valence-electron chi connectivity index (χ4n) is 4.52. The van der Waals surface area contributed by atoms with Gasteiger partial charge in [-0.1, -0.05) is 60.8 Å². The van der Waals surface area contributed by atoms with E-state index in [1.165, 1.54) is 0 Å². The van der Waals surface area contributed by atoms with Crippen molar-refractivity contribution >= 4 is 27.3 Å². The normalized spacial score (nSPS) is 20.9. The van der Waals surface area contributed by atoms with Crippen molar-refractivity contribution in [3.05, 3.63) is 53.6 Å². The molecule has 1 aliphatic heterocycles. The number of amides is 1. The number of hydrogen-bond acceptors (Lipinski definition) is 4. The van der Waals surface area contributed by atoms with Gasteiger partial charge in [0.2, 0.25) is 0 Å². The molecule has 0 aromatic heterocycles. The van der Waals surface area contributed by atoms with Crippen LogP contribution in [0, 0.1) is 0 Å². The SMILES string of the molecule is O=C(COc1ccc(-c2ccccc2)cc1Cl)N(C1CCCC1)C1CCS(=O)(=O)C1. The molecular weight excluding hydrogens is 422 g/mol. The number of sulfone groups is 1. The molecule has 160 valence electrons. The van der Waals surface area contributed by atoms with Crippen molar-refractivity contribution in [1.82, 2.24) is 4.90 Å². The third-order valence-electron chi connectivity index (χ3n) is 6.00. The van der Waals surface area contributed by atoms with Crippen molar-refractivity contribution < 1.29 is 17.9 Å². The first-order chi connectivity index (χ1) is 14.4. The van der Waals surface area contributed by atoms with Gasteiger partial charge in [0, 0.05) is 12.1 Å². The summed E-state index contributed by atoms with van der Waals surface area (Å²) in [6.45, 7) is -0.141. The maximum atomic E-state index is 13.1. The van der Waals surface area contributed by atoms with Crippen molar-refractivity contribution in [1.29, 1.82) is 0 Å². The Morgan fingerprint density at radius 1 is 1.00 bits per heavy atom. The summed E-state index contributed by atoms with van der Waals surface area (Å²) in [5.41, 5.74) is 2.03. The highest BCUT2D eigenvalue weighted by Crippen LogP contribution is 2.32. The molecule has 0 radical (unpaired) electrons. The molecule has 0 spiro atoms. The molecule has 1 atom stereocenters. The van der Waals surface area contributed by atoms with Gasteiger partial charge in [-0.05, 0) is 42.5 Å². The molecule has 1 heterocycles. The first kappa shape index (κ1) is 21.2. The van der Waals surface area contributed by atoms with Crippen molar-refractivity contribution in [2.45, 2.75) is 44.2 Å². The third kappa shape index (κ3) is 4.81. The molecule has 2 aliphatic rings. The molecule has 2 aromatic rings. The zero-order chi connectivity index (χ0) is 21.1. The van der Waals surface area contributed by atoms with E-state index in [4.69, 9.17) is 16.3 Å². The highest BCUT2D eigenvalue weighted by atomic mass is 35.5. The zero-order valence-corrected chi connectivity index (χ0v) is 18.4. The van der Waals surface area contributed by atoms with Crippen LogP contribution in [0.15, 0.2) is 48.5 Å². The van der Waals surface area contributed by atoms with Gasteiger partial charge in [-0.2, -0.15) is 0 Å². The van der Waals surface area contributed by atoms with Gasteiger partial charge in [-0.15, -0.1) is 0 Å². The van der Waals surface area contributed by atoms with Gasteiger partial charge in [0.05, 0.1) is 16.5 Å². The van der Waals surface area contributed by atoms with E-state index in [2.05, 4.69) is 0 Å². The lowest BCUT2D eigenvalue weighted by atomic mass is 10.1. The molecule has 0 N–H and O–H groups in total. The van der Waals surface area contributed by atoms with Crippen molar-refractivity contribution in [3.8, 4) is 16.9 Å². The Balaban J connectivity index is 1.45. The number of nitrogens with zero attached hydrogens (tertiary/aromatic N) is 1. The second-order valence-electron chi connectivity index (χ2n) is 8.10. The van der Waals surface area contributed by atoms with Crippen LogP contribution < -0.4 is 4.74 Å². The standard InChI is InChI=1S/C23H26ClNO4S/c24-21-14-18(17-6-2-1-3-7-17)10-11-22(21)29-15-23(26)25(19-8-4-5-9-19)20-12-13-30(27,28)16-20/h1-3,6-7,10-11,14,19-20H,4-5,8-9,12-13,15-16H2. The van der Waals surface area contributed by atoms with Crippen LogP contribution in [-0.4, -0.2) is 49.4 Å². The van der Waals surface area contributed by atoms with E-state index < -0.39 is 9.84 Å². The summed E-state index contributed by atoms with van der Waals surface area (Å²) in [6, 6.07) is 15.3. The van der Waals surface area contributed by atoms with Crippen molar-refractivity contribution in [2.75, 3.05) is 18.1 Å². The maximum Gasteiger partial charge on any atom is 0.261 e. The molecule has 1 saturated heterocycles. The maximum absolute atomic E-state index is 13.1. The second kappa shape index (κ2) is 8.98. The molecule has 2 aromatic carbocycles. The number of rotatable bonds is 6. The number of ether oxygens (including phenoxy) is 1. The van der Waals surface area contributed by atoms with E-state index in [1.54, 1.807) is 11.0 Å². The predicted octanol–water partition coefficient (Wildman–Crippen LogP) is 4.34. The monoisotopic (exact) mass is 447 g/mol. The highest BCUT2D eigenvalue weighted by molar-refractivity contribution is 7.91. The lowest BCUT2D eigenvalue weighted by molar-refractivity contribution is -0.137. The number of benzene rings is 2. The Morgan fingerprint density at radius 2 is 1.73 bits per heavy atom. The van der Waals surface area contributed by atoms with Crippen LogP contribution in [0.3, 0.4) is 0 Å². The van der Waals surface area contributed by atoms with Crippen LogP contribution in [0.4, 0.5) is 0 Å². The Labute approximate surface area is 182 Å². The van der Waals surface area contributed by atoms with Crippen LogP contribution in [-0.2, 0) is 14.6 Å². The van der Waals surface area contributed by atoms with Crippen LogP contribution >= 0.6 is 11.6 Å². The van der Waals surface area contributed by atoms with Gasteiger partial charge in [-0.3, -0.25) is 4.79 Å². The Bertz CT molecular complexity index is 1000. The topological polar surface area (TPSA) is 63.7 Å². The van der Waals surface area contributed by atoms with Crippen molar-refractivity contribution in [2.24, 2.45) is 0 Å². The minimum Gasteiger partial charge on any atom is -0.482 e. The molecule has 1 unspecified atom stereocenters. The largest absolute Gasteiger partial charge is 0.482 e. The van der Waals surface area contributed by atoms with Gasteiger partial charge in [0.15, 0.2) is 16.4 Å². The smallest absolute Gasteiger partial charge is 0.261 e.